The van der Waals surface area contributed by atoms with Crippen LogP contribution in [-0.4, -0.2) is 282 Å². The van der Waals surface area contributed by atoms with Crippen LogP contribution in [0.25, 0.3) is 0 Å². The van der Waals surface area contributed by atoms with Crippen LogP contribution in [0.15, 0.2) is 0 Å². The summed E-state index contributed by atoms with van der Waals surface area (Å²) in [4.78, 5) is 0. The topological polar surface area (TPSA) is 394 Å². The summed E-state index contributed by atoms with van der Waals surface area (Å²) in [5, 5.41) is 144. The van der Waals surface area contributed by atoms with Crippen molar-refractivity contribution in [2.24, 2.45) is 0 Å². The molecule has 2 fully saturated rings. The highest BCUT2D eigenvalue weighted by Gasteiger charge is 2.52. The first-order valence-electron chi connectivity index (χ1n) is 18.5. The summed E-state index contributed by atoms with van der Waals surface area (Å²) in [6.45, 7) is -7.65. The van der Waals surface area contributed by atoms with E-state index >= 15 is 0 Å². The number of hydrogen-bond donors (Lipinski definition) is 14. The van der Waals surface area contributed by atoms with Crippen molar-refractivity contribution in [1.29, 1.82) is 0 Å². The van der Waals surface area contributed by atoms with Crippen LogP contribution in [0.4, 0.5) is 0 Å². The monoisotopic (exact) mass is 876 g/mol. The van der Waals surface area contributed by atoms with Gasteiger partial charge in [-0.15, -0.1) is 0 Å². The van der Waals surface area contributed by atoms with E-state index in [2.05, 4.69) is 0 Å². The van der Waals surface area contributed by atoms with E-state index in [4.69, 9.17) is 56.8 Å². The van der Waals surface area contributed by atoms with Crippen LogP contribution < -0.4 is 0 Å². The Hall–Kier alpha value is -1.04. The lowest BCUT2D eigenvalue weighted by Gasteiger charge is -2.47. The maximum absolute atomic E-state index is 11.4. The van der Waals surface area contributed by atoms with E-state index in [9.17, 15) is 71.5 Å². The minimum absolute atomic E-state index is 0.185. The lowest BCUT2D eigenvalue weighted by molar-refractivity contribution is -0.372. The second-order valence-electron chi connectivity index (χ2n) is 13.4. The molecule has 14 N–H and O–H groups in total. The van der Waals surface area contributed by atoms with E-state index in [0.717, 1.165) is 0 Å². The summed E-state index contributed by atoms with van der Waals surface area (Å²) >= 11 is 0. The van der Waals surface area contributed by atoms with Crippen molar-refractivity contribution < 1.29 is 128 Å². The highest BCUT2D eigenvalue weighted by molar-refractivity contribution is 4.95. The molecule has 2 rings (SSSR count). The molecule has 2 saturated heterocycles. The molecule has 0 saturated carbocycles. The molecule has 26 heteroatoms. The summed E-state index contributed by atoms with van der Waals surface area (Å²) in [5.74, 6) is 0. The highest BCUT2D eigenvalue weighted by Crippen LogP contribution is 2.31. The standard InChI is InChI=1S/C33H64O26/c1-48-11-15(4-34)53-30(18(42)7-37)57-27(17(41)6-36)20(9-39)52-14-51-13-22-29(58-31(19(43)8-38)54-16(5-35)12-49-2)24(45)26(47)33(56-22)59-28-21(10-40)55-32(50-3)25(46)23(28)44/h15-47H,4-14H2,1-3H3/t15?,16?,17-,18-,19-,20?,21?,22?,23-,24-,25?,26?,27+,28-,29-,30-,31-,32-,33-/m0/s1. The van der Waals surface area contributed by atoms with Crippen LogP contribution in [0.1, 0.15) is 0 Å². The molecule has 2 aliphatic rings. The fourth-order valence-corrected chi connectivity index (χ4v) is 5.90. The van der Waals surface area contributed by atoms with Crippen LogP contribution in [0, 0.1) is 0 Å². The molecule has 0 aromatic heterocycles. The van der Waals surface area contributed by atoms with Crippen LogP contribution in [0.5, 0.6) is 0 Å². The number of ether oxygens (including phenoxy) is 12. The molecule has 7 unspecified atom stereocenters. The minimum atomic E-state index is -2.04. The minimum Gasteiger partial charge on any atom is -0.394 e. The van der Waals surface area contributed by atoms with Gasteiger partial charge in [0.05, 0.1) is 66.1 Å². The summed E-state index contributed by atoms with van der Waals surface area (Å²) in [6.07, 6.45) is -31.5. The highest BCUT2D eigenvalue weighted by atomic mass is 16.8. The largest absolute Gasteiger partial charge is 0.394 e. The van der Waals surface area contributed by atoms with Gasteiger partial charge in [0.25, 0.3) is 0 Å². The maximum atomic E-state index is 11.4. The zero-order valence-electron chi connectivity index (χ0n) is 32.9. The molecule has 352 valence electrons. The predicted octanol–water partition coefficient (Wildman–Crippen LogP) is -9.21. The second kappa shape index (κ2) is 28.6. The molecule has 0 spiro atoms. The van der Waals surface area contributed by atoms with Gasteiger partial charge in [-0.05, 0) is 0 Å². The normalized spacial score (nSPS) is 32.5. The van der Waals surface area contributed by atoms with Crippen molar-refractivity contribution in [3.63, 3.8) is 0 Å². The van der Waals surface area contributed by atoms with Crippen molar-refractivity contribution in [1.82, 2.24) is 0 Å². The molecule has 2 heterocycles. The van der Waals surface area contributed by atoms with Crippen LogP contribution >= 0.6 is 0 Å². The lowest BCUT2D eigenvalue weighted by atomic mass is 9.96. The van der Waals surface area contributed by atoms with E-state index < -0.39 is 176 Å². The zero-order chi connectivity index (χ0) is 44.2. The van der Waals surface area contributed by atoms with E-state index in [1.807, 2.05) is 0 Å². The molecule has 0 aliphatic carbocycles. The van der Waals surface area contributed by atoms with Gasteiger partial charge in [0.1, 0.15) is 98.4 Å². The Kier molecular flexibility index (Phi) is 26.2. The second-order valence-corrected chi connectivity index (χ2v) is 13.4. The molecular weight excluding hydrogens is 812 g/mol. The van der Waals surface area contributed by atoms with Gasteiger partial charge >= 0.3 is 0 Å². The number of methoxy groups -OCH3 is 3. The molecule has 0 bridgehead atoms. The first kappa shape index (κ1) is 54.1. The molecule has 0 aromatic carbocycles. The quantitative estimate of drug-likeness (QED) is 0.0227. The van der Waals surface area contributed by atoms with Crippen LogP contribution in [0.3, 0.4) is 0 Å². The van der Waals surface area contributed by atoms with Gasteiger partial charge in [-0.3, -0.25) is 0 Å². The third-order valence-electron chi connectivity index (χ3n) is 9.10. The van der Waals surface area contributed by atoms with E-state index in [-0.39, 0.29) is 13.2 Å². The number of rotatable bonds is 31. The number of aliphatic hydroxyl groups is 14. The summed E-state index contributed by atoms with van der Waals surface area (Å²) in [6, 6.07) is 0. The number of hydrogen-bond acceptors (Lipinski definition) is 26. The van der Waals surface area contributed by atoms with Crippen molar-refractivity contribution >= 4 is 0 Å². The predicted molar refractivity (Wildman–Crippen MR) is 187 cm³/mol. The van der Waals surface area contributed by atoms with Crippen LogP contribution in [0.2, 0.25) is 0 Å². The molecule has 59 heavy (non-hydrogen) atoms. The average Bonchev–Trinajstić information content (AvgIpc) is 3.24. The molecule has 0 aromatic rings. The first-order valence-corrected chi connectivity index (χ1v) is 18.5. The number of aliphatic hydroxyl groups excluding tert-OH is 14. The fraction of sp³-hybridized carbons (Fsp3) is 1.00. The van der Waals surface area contributed by atoms with Gasteiger partial charge < -0.3 is 128 Å². The fourth-order valence-electron chi connectivity index (χ4n) is 5.90. The molecule has 2 aliphatic heterocycles. The summed E-state index contributed by atoms with van der Waals surface area (Å²) in [7, 11) is 3.76. The average molecular weight is 877 g/mol. The molecule has 19 atom stereocenters. The van der Waals surface area contributed by atoms with Crippen molar-refractivity contribution in [2.45, 2.75) is 117 Å². The smallest absolute Gasteiger partial charge is 0.187 e. The maximum Gasteiger partial charge on any atom is 0.187 e. The lowest BCUT2D eigenvalue weighted by Crippen LogP contribution is -2.65. The Balaban J connectivity index is 2.37. The van der Waals surface area contributed by atoms with Gasteiger partial charge in [-0.2, -0.15) is 0 Å². The Labute approximate surface area is 339 Å². The van der Waals surface area contributed by atoms with Crippen molar-refractivity contribution in [2.75, 3.05) is 94.2 Å². The van der Waals surface area contributed by atoms with Crippen molar-refractivity contribution in [3.8, 4) is 0 Å². The molecule has 26 nitrogen and oxygen atoms in total. The van der Waals surface area contributed by atoms with Gasteiger partial charge in [0.15, 0.2) is 25.2 Å². The van der Waals surface area contributed by atoms with Gasteiger partial charge in [-0.25, -0.2) is 0 Å². The zero-order valence-corrected chi connectivity index (χ0v) is 32.9. The van der Waals surface area contributed by atoms with Gasteiger partial charge in [-0.1, -0.05) is 0 Å². The summed E-state index contributed by atoms with van der Waals surface area (Å²) in [5.41, 5.74) is 0. The Morgan fingerprint density at radius 3 is 1.59 bits per heavy atom. The van der Waals surface area contributed by atoms with Gasteiger partial charge in [0.2, 0.25) is 0 Å². The third kappa shape index (κ3) is 15.9. The van der Waals surface area contributed by atoms with E-state index in [1.165, 1.54) is 21.3 Å². The molecule has 0 radical (unpaired) electrons. The molecular formula is C33H64O26. The summed E-state index contributed by atoms with van der Waals surface area (Å²) < 4.78 is 65.5. The van der Waals surface area contributed by atoms with E-state index in [0.29, 0.717) is 0 Å². The Morgan fingerprint density at radius 1 is 0.559 bits per heavy atom. The van der Waals surface area contributed by atoms with Crippen molar-refractivity contribution in [3.05, 3.63) is 0 Å². The first-order chi connectivity index (χ1) is 28.2. The van der Waals surface area contributed by atoms with E-state index in [1.54, 1.807) is 0 Å². The third-order valence-corrected chi connectivity index (χ3v) is 9.10. The Morgan fingerprint density at radius 2 is 1.08 bits per heavy atom. The Bertz CT molecular complexity index is 1070. The van der Waals surface area contributed by atoms with Gasteiger partial charge in [0, 0.05) is 21.3 Å². The van der Waals surface area contributed by atoms with Crippen LogP contribution in [-0.2, 0) is 56.8 Å². The SMILES string of the molecule is COCC(CO)O[C@@H](O[C@@H](C(CO)OCOCC1O[C@@H](O[C@H]2C(CO)O[C@H](OC)C(O)[C@@H]2O)C(O)[C@H](O)[C@H]1O[C@H](OC(CO)COC)[C@@H](O)CO)[C@@H](O)CO)[C@@H](O)CO. The molecule has 0 amide bonds.